The number of ether oxygens (including phenoxy) is 2. The molecule has 0 unspecified atom stereocenters. The van der Waals surface area contributed by atoms with Crippen LogP contribution in [0, 0.1) is 0 Å². The third-order valence-corrected chi connectivity index (χ3v) is 5.18. The normalized spacial score (nSPS) is 15.2. The van der Waals surface area contributed by atoms with Crippen molar-refractivity contribution in [2.24, 2.45) is 0 Å². The van der Waals surface area contributed by atoms with Crippen LogP contribution >= 0.6 is 0 Å². The molecule has 2 heterocycles. The summed E-state index contributed by atoms with van der Waals surface area (Å²) in [7, 11) is 0. The van der Waals surface area contributed by atoms with E-state index in [1.807, 2.05) is 0 Å². The predicted octanol–water partition coefficient (Wildman–Crippen LogP) is 3.87. The molecular formula is C22H14O6. The predicted molar refractivity (Wildman–Crippen MR) is 98.0 cm³/mol. The lowest BCUT2D eigenvalue weighted by atomic mass is 9.77. The first-order valence-electron chi connectivity index (χ1n) is 8.64. The second kappa shape index (κ2) is 5.36. The van der Waals surface area contributed by atoms with Crippen molar-refractivity contribution in [2.45, 2.75) is 12.5 Å². The van der Waals surface area contributed by atoms with Gasteiger partial charge in [0.15, 0.2) is 11.4 Å². The standard InChI is InChI=1S/C22H14O6/c1-11(23)14-3-2-4-17-20(14)21(26)28-22(17)15-7-5-12(24)9-18(15)27-19-10-13(25)6-8-16(19)22/h2-10,24-25H,1H3. The summed E-state index contributed by atoms with van der Waals surface area (Å²) in [5, 5.41) is 19.8. The van der Waals surface area contributed by atoms with Crippen LogP contribution in [0.15, 0.2) is 54.6 Å². The lowest BCUT2D eigenvalue weighted by Crippen LogP contribution is -2.32. The molecule has 3 aromatic carbocycles. The molecule has 1 spiro atoms. The molecule has 0 aromatic heterocycles. The number of aromatic hydroxyl groups is 2. The summed E-state index contributed by atoms with van der Waals surface area (Å²) in [6, 6.07) is 14.1. The highest BCUT2D eigenvalue weighted by atomic mass is 16.6. The number of benzene rings is 3. The van der Waals surface area contributed by atoms with Gasteiger partial charge in [0.25, 0.3) is 0 Å². The largest absolute Gasteiger partial charge is 0.508 e. The zero-order valence-electron chi connectivity index (χ0n) is 14.7. The molecular weight excluding hydrogens is 360 g/mol. The van der Waals surface area contributed by atoms with E-state index < -0.39 is 11.6 Å². The van der Waals surface area contributed by atoms with Gasteiger partial charge in [0.05, 0.1) is 5.56 Å². The molecule has 28 heavy (non-hydrogen) atoms. The number of phenolic OH excluding ortho intramolecular Hbond substituents is 2. The van der Waals surface area contributed by atoms with E-state index in [0.29, 0.717) is 28.2 Å². The van der Waals surface area contributed by atoms with Crippen molar-refractivity contribution in [1.82, 2.24) is 0 Å². The Bertz CT molecular complexity index is 1140. The number of hydrogen-bond donors (Lipinski definition) is 2. The van der Waals surface area contributed by atoms with Crippen LogP contribution in [0.2, 0.25) is 0 Å². The lowest BCUT2D eigenvalue weighted by molar-refractivity contribution is 0.0223. The number of carbonyl (C=O) groups is 2. The fourth-order valence-corrected chi connectivity index (χ4v) is 4.04. The Morgan fingerprint density at radius 1 is 0.893 bits per heavy atom. The van der Waals surface area contributed by atoms with Gasteiger partial charge in [0.1, 0.15) is 23.0 Å². The zero-order valence-corrected chi connectivity index (χ0v) is 14.7. The third-order valence-electron chi connectivity index (χ3n) is 5.18. The molecule has 6 nitrogen and oxygen atoms in total. The maximum Gasteiger partial charge on any atom is 0.340 e. The first kappa shape index (κ1) is 16.4. The minimum absolute atomic E-state index is 0.0143. The molecule has 2 aliphatic rings. The van der Waals surface area contributed by atoms with Crippen LogP contribution in [0.4, 0.5) is 0 Å². The van der Waals surface area contributed by atoms with Gasteiger partial charge >= 0.3 is 5.97 Å². The van der Waals surface area contributed by atoms with Crippen molar-refractivity contribution >= 4 is 11.8 Å². The summed E-state index contributed by atoms with van der Waals surface area (Å²) >= 11 is 0. The number of rotatable bonds is 1. The second-order valence-corrected chi connectivity index (χ2v) is 6.82. The molecule has 5 rings (SSSR count). The molecule has 2 aliphatic heterocycles. The average molecular weight is 374 g/mol. The summed E-state index contributed by atoms with van der Waals surface area (Å²) in [6.07, 6.45) is 0. The minimum atomic E-state index is -1.35. The molecule has 0 amide bonds. The molecule has 2 N–H and O–H groups in total. The molecule has 0 saturated heterocycles. The molecule has 0 saturated carbocycles. The minimum Gasteiger partial charge on any atom is -0.508 e. The Hall–Kier alpha value is -3.80. The molecule has 138 valence electrons. The smallest absolute Gasteiger partial charge is 0.340 e. The van der Waals surface area contributed by atoms with Gasteiger partial charge < -0.3 is 19.7 Å². The van der Waals surface area contributed by atoms with Crippen molar-refractivity contribution < 1.29 is 29.3 Å². The Labute approximate surface area is 159 Å². The van der Waals surface area contributed by atoms with Gasteiger partial charge in [-0.1, -0.05) is 18.2 Å². The van der Waals surface area contributed by atoms with Crippen LogP contribution in [0.5, 0.6) is 23.0 Å². The van der Waals surface area contributed by atoms with Crippen LogP contribution in [-0.4, -0.2) is 22.0 Å². The monoisotopic (exact) mass is 374 g/mol. The molecule has 3 aromatic rings. The summed E-state index contributed by atoms with van der Waals surface area (Å²) in [4.78, 5) is 25.0. The van der Waals surface area contributed by atoms with Gasteiger partial charge in [-0.15, -0.1) is 0 Å². The number of ketones is 1. The van der Waals surface area contributed by atoms with Gasteiger partial charge in [-0.25, -0.2) is 4.79 Å². The number of fused-ring (bicyclic) bond motifs is 6. The molecule has 0 aliphatic carbocycles. The molecule has 0 bridgehead atoms. The molecule has 6 heteroatoms. The Kier molecular flexibility index (Phi) is 3.13. The molecule has 0 radical (unpaired) electrons. The number of phenols is 2. The number of carbonyl (C=O) groups excluding carboxylic acids is 2. The summed E-state index contributed by atoms with van der Waals surface area (Å²) in [6.45, 7) is 1.40. The highest BCUT2D eigenvalue weighted by Crippen LogP contribution is 2.57. The van der Waals surface area contributed by atoms with Crippen molar-refractivity contribution in [2.75, 3.05) is 0 Å². The fraction of sp³-hybridized carbons (Fsp3) is 0.0909. The first-order chi connectivity index (χ1) is 13.4. The number of esters is 1. The topological polar surface area (TPSA) is 93.1 Å². The van der Waals surface area contributed by atoms with E-state index >= 15 is 0 Å². The Morgan fingerprint density at radius 3 is 2.07 bits per heavy atom. The SMILES string of the molecule is CC(=O)c1cccc2c1C(=O)OC21c2ccc(O)cc2Oc2cc(O)ccc21. The maximum atomic E-state index is 12.9. The van der Waals surface area contributed by atoms with Gasteiger partial charge in [0, 0.05) is 34.4 Å². The first-order valence-corrected chi connectivity index (χ1v) is 8.64. The molecule has 0 atom stereocenters. The van der Waals surface area contributed by atoms with Crippen molar-refractivity contribution in [1.29, 1.82) is 0 Å². The van der Waals surface area contributed by atoms with Gasteiger partial charge in [0.2, 0.25) is 0 Å². The van der Waals surface area contributed by atoms with Crippen LogP contribution in [0.3, 0.4) is 0 Å². The lowest BCUT2D eigenvalue weighted by Gasteiger charge is -2.36. The van der Waals surface area contributed by atoms with Crippen molar-refractivity contribution in [3.8, 4) is 23.0 Å². The second-order valence-electron chi connectivity index (χ2n) is 6.82. The van der Waals surface area contributed by atoms with Gasteiger partial charge in [-0.2, -0.15) is 0 Å². The number of hydrogen-bond acceptors (Lipinski definition) is 6. The highest BCUT2D eigenvalue weighted by Gasteiger charge is 2.54. The van der Waals surface area contributed by atoms with Crippen LogP contribution < -0.4 is 4.74 Å². The molecule has 0 fully saturated rings. The maximum absolute atomic E-state index is 12.9. The van der Waals surface area contributed by atoms with Crippen molar-refractivity contribution in [3.05, 3.63) is 82.4 Å². The average Bonchev–Trinajstić information content (AvgIpc) is 2.95. The van der Waals surface area contributed by atoms with E-state index in [4.69, 9.17) is 9.47 Å². The van der Waals surface area contributed by atoms with Crippen LogP contribution in [0.25, 0.3) is 0 Å². The van der Waals surface area contributed by atoms with E-state index in [1.54, 1.807) is 30.3 Å². The number of Topliss-reactive ketones (excluding diaryl/α,β-unsaturated/α-hetero) is 1. The summed E-state index contributed by atoms with van der Waals surface area (Å²) in [5.74, 6) is -0.284. The Balaban J connectivity index is 1.91. The third kappa shape index (κ3) is 1.97. The van der Waals surface area contributed by atoms with E-state index in [2.05, 4.69) is 0 Å². The summed E-state index contributed by atoms with van der Waals surface area (Å²) < 4.78 is 11.8. The van der Waals surface area contributed by atoms with E-state index in [-0.39, 0.29) is 28.4 Å². The van der Waals surface area contributed by atoms with Crippen LogP contribution in [0.1, 0.15) is 44.3 Å². The van der Waals surface area contributed by atoms with Gasteiger partial charge in [-0.3, -0.25) is 4.79 Å². The quantitative estimate of drug-likeness (QED) is 0.496. The van der Waals surface area contributed by atoms with E-state index in [9.17, 15) is 19.8 Å². The van der Waals surface area contributed by atoms with E-state index in [1.165, 1.54) is 31.2 Å². The Morgan fingerprint density at radius 2 is 1.50 bits per heavy atom. The van der Waals surface area contributed by atoms with Crippen LogP contribution in [-0.2, 0) is 10.3 Å². The van der Waals surface area contributed by atoms with Gasteiger partial charge in [-0.05, 0) is 31.2 Å². The van der Waals surface area contributed by atoms with E-state index in [0.717, 1.165) is 0 Å². The van der Waals surface area contributed by atoms with Crippen molar-refractivity contribution in [3.63, 3.8) is 0 Å². The highest BCUT2D eigenvalue weighted by molar-refractivity contribution is 6.08. The summed E-state index contributed by atoms with van der Waals surface area (Å²) in [5.41, 5.74) is 0.726. The zero-order chi connectivity index (χ0) is 19.6. The fourth-order valence-electron chi connectivity index (χ4n) is 4.04.